The van der Waals surface area contributed by atoms with Gasteiger partial charge in [-0.2, -0.15) is 11.3 Å². The molecule has 1 aromatic rings. The summed E-state index contributed by atoms with van der Waals surface area (Å²) in [5, 5.41) is 7.93. The maximum Gasteiger partial charge on any atom is 0.00670 e. The summed E-state index contributed by atoms with van der Waals surface area (Å²) in [5.41, 5.74) is 1.54. The Kier molecular flexibility index (Phi) is 3.81. The first kappa shape index (κ1) is 11.2. The molecular weight excluding hydrogens is 202 g/mol. The first-order valence-electron chi connectivity index (χ1n) is 5.98. The maximum absolute atomic E-state index is 3.44. The van der Waals surface area contributed by atoms with Crippen molar-refractivity contribution in [3.63, 3.8) is 0 Å². The Morgan fingerprint density at radius 2 is 2.33 bits per heavy atom. The molecule has 0 bridgehead atoms. The van der Waals surface area contributed by atoms with Crippen LogP contribution in [0.15, 0.2) is 16.8 Å². The number of hydrogen-bond acceptors (Lipinski definition) is 2. The molecule has 1 N–H and O–H groups in total. The van der Waals surface area contributed by atoms with Crippen molar-refractivity contribution in [1.29, 1.82) is 0 Å². The lowest BCUT2D eigenvalue weighted by molar-refractivity contribution is 0.215. The summed E-state index contributed by atoms with van der Waals surface area (Å²) in [7, 11) is 2.10. The Bertz CT molecular complexity index is 281. The van der Waals surface area contributed by atoms with Gasteiger partial charge in [0.25, 0.3) is 0 Å². The highest BCUT2D eigenvalue weighted by Crippen LogP contribution is 2.32. The van der Waals surface area contributed by atoms with Gasteiger partial charge in [0.05, 0.1) is 0 Å². The fourth-order valence-electron chi connectivity index (χ4n) is 2.67. The zero-order valence-electron chi connectivity index (χ0n) is 9.70. The van der Waals surface area contributed by atoms with E-state index in [0.29, 0.717) is 0 Å². The van der Waals surface area contributed by atoms with Crippen molar-refractivity contribution in [2.24, 2.45) is 11.8 Å². The predicted octanol–water partition coefficient (Wildman–Crippen LogP) is 3.31. The van der Waals surface area contributed by atoms with E-state index in [2.05, 4.69) is 36.1 Å². The molecular formula is C13H21NS. The Balaban J connectivity index is 1.94. The summed E-state index contributed by atoms with van der Waals surface area (Å²) in [6.45, 7) is 2.42. The number of hydrogen-bond donors (Lipinski definition) is 1. The van der Waals surface area contributed by atoms with Crippen molar-refractivity contribution >= 4 is 11.3 Å². The highest BCUT2D eigenvalue weighted by molar-refractivity contribution is 7.07. The average Bonchev–Trinajstić information content (AvgIpc) is 2.74. The molecule has 1 fully saturated rings. The monoisotopic (exact) mass is 223 g/mol. The van der Waals surface area contributed by atoms with Crippen molar-refractivity contribution in [2.45, 2.75) is 38.6 Å². The molecule has 3 atom stereocenters. The van der Waals surface area contributed by atoms with Crippen LogP contribution in [0.5, 0.6) is 0 Å². The number of nitrogens with one attached hydrogen (secondary N) is 1. The Morgan fingerprint density at radius 1 is 1.47 bits per heavy atom. The van der Waals surface area contributed by atoms with Crippen molar-refractivity contribution in [1.82, 2.24) is 5.32 Å². The van der Waals surface area contributed by atoms with Crippen LogP contribution in [0.4, 0.5) is 0 Å². The third kappa shape index (κ3) is 2.82. The Labute approximate surface area is 96.9 Å². The molecule has 2 rings (SSSR count). The summed E-state index contributed by atoms with van der Waals surface area (Å²) >= 11 is 1.82. The number of thiophene rings is 1. The van der Waals surface area contributed by atoms with Crippen LogP contribution < -0.4 is 5.32 Å². The summed E-state index contributed by atoms with van der Waals surface area (Å²) in [6, 6.07) is 3.03. The van der Waals surface area contributed by atoms with E-state index in [0.717, 1.165) is 17.9 Å². The van der Waals surface area contributed by atoms with Gasteiger partial charge < -0.3 is 5.32 Å². The molecule has 84 valence electrons. The van der Waals surface area contributed by atoms with Gasteiger partial charge in [-0.25, -0.2) is 0 Å². The lowest BCUT2D eigenvalue weighted by Gasteiger charge is -2.34. The van der Waals surface area contributed by atoms with Gasteiger partial charge in [0.2, 0.25) is 0 Å². The van der Waals surface area contributed by atoms with E-state index in [1.54, 1.807) is 0 Å². The molecule has 1 saturated carbocycles. The molecule has 1 aliphatic rings. The highest BCUT2D eigenvalue weighted by Gasteiger charge is 2.26. The molecule has 0 amide bonds. The van der Waals surface area contributed by atoms with E-state index >= 15 is 0 Å². The lowest BCUT2D eigenvalue weighted by Crippen LogP contribution is -2.35. The zero-order valence-corrected chi connectivity index (χ0v) is 10.5. The van der Waals surface area contributed by atoms with Gasteiger partial charge in [0.15, 0.2) is 0 Å². The minimum absolute atomic E-state index is 0.754. The van der Waals surface area contributed by atoms with Crippen molar-refractivity contribution in [3.8, 4) is 0 Å². The fourth-order valence-corrected chi connectivity index (χ4v) is 3.36. The third-order valence-corrected chi connectivity index (χ3v) is 4.58. The summed E-state index contributed by atoms with van der Waals surface area (Å²) < 4.78 is 0. The van der Waals surface area contributed by atoms with E-state index in [4.69, 9.17) is 0 Å². The molecule has 2 heteroatoms. The summed E-state index contributed by atoms with van der Waals surface area (Å²) in [6.07, 6.45) is 5.38. The highest BCUT2D eigenvalue weighted by atomic mass is 32.1. The summed E-state index contributed by atoms with van der Waals surface area (Å²) in [4.78, 5) is 0. The van der Waals surface area contributed by atoms with Crippen LogP contribution in [0.1, 0.15) is 31.7 Å². The van der Waals surface area contributed by atoms with Crippen LogP contribution in [0.2, 0.25) is 0 Å². The van der Waals surface area contributed by atoms with Crippen molar-refractivity contribution in [2.75, 3.05) is 7.05 Å². The van der Waals surface area contributed by atoms with E-state index in [9.17, 15) is 0 Å². The van der Waals surface area contributed by atoms with E-state index in [-0.39, 0.29) is 0 Å². The molecule has 15 heavy (non-hydrogen) atoms. The normalized spacial score (nSPS) is 31.7. The predicted molar refractivity (Wildman–Crippen MR) is 67.4 cm³/mol. The second-order valence-corrected chi connectivity index (χ2v) is 5.65. The first-order valence-corrected chi connectivity index (χ1v) is 6.92. The Morgan fingerprint density at radius 3 is 3.00 bits per heavy atom. The van der Waals surface area contributed by atoms with Crippen molar-refractivity contribution in [3.05, 3.63) is 22.4 Å². The molecule has 3 unspecified atom stereocenters. The minimum atomic E-state index is 0.754. The molecule has 0 radical (unpaired) electrons. The maximum atomic E-state index is 3.44. The second-order valence-electron chi connectivity index (χ2n) is 4.87. The molecule has 1 nitrogen and oxygen atoms in total. The lowest BCUT2D eigenvalue weighted by atomic mass is 9.75. The molecule has 0 saturated heterocycles. The van der Waals surface area contributed by atoms with Gasteiger partial charge in [-0.3, -0.25) is 0 Å². The third-order valence-electron chi connectivity index (χ3n) is 3.85. The molecule has 1 aromatic heterocycles. The van der Waals surface area contributed by atoms with E-state index in [1.165, 1.54) is 31.2 Å². The molecule has 1 aliphatic carbocycles. The standard InChI is InChI=1S/C13H21NS/c1-10-3-4-13(14-2)8-12(10)7-11-5-6-15-9-11/h5-6,9-10,12-14H,3-4,7-8H2,1-2H3. The largest absolute Gasteiger partial charge is 0.317 e. The van der Waals surface area contributed by atoms with E-state index < -0.39 is 0 Å². The van der Waals surface area contributed by atoms with Crippen LogP contribution in [0, 0.1) is 11.8 Å². The Hall–Kier alpha value is -0.340. The zero-order chi connectivity index (χ0) is 10.7. The van der Waals surface area contributed by atoms with Crippen molar-refractivity contribution < 1.29 is 0 Å². The molecule has 0 spiro atoms. The van der Waals surface area contributed by atoms with Crippen LogP contribution >= 0.6 is 11.3 Å². The van der Waals surface area contributed by atoms with Gasteiger partial charge in [-0.15, -0.1) is 0 Å². The summed E-state index contributed by atoms with van der Waals surface area (Å²) in [5.74, 6) is 1.78. The van der Waals surface area contributed by atoms with Gasteiger partial charge in [0, 0.05) is 6.04 Å². The SMILES string of the molecule is CNC1CCC(C)C(Cc2ccsc2)C1. The van der Waals surface area contributed by atoms with Crippen LogP contribution in [-0.4, -0.2) is 13.1 Å². The smallest absolute Gasteiger partial charge is 0.00670 e. The minimum Gasteiger partial charge on any atom is -0.317 e. The molecule has 1 heterocycles. The topological polar surface area (TPSA) is 12.0 Å². The number of rotatable bonds is 3. The van der Waals surface area contributed by atoms with Gasteiger partial charge in [-0.1, -0.05) is 6.92 Å². The molecule has 0 aliphatic heterocycles. The quantitative estimate of drug-likeness (QED) is 0.829. The van der Waals surface area contributed by atoms with Gasteiger partial charge >= 0.3 is 0 Å². The second kappa shape index (κ2) is 5.13. The van der Waals surface area contributed by atoms with Gasteiger partial charge in [0.1, 0.15) is 0 Å². The van der Waals surface area contributed by atoms with E-state index in [1.807, 2.05) is 11.3 Å². The molecule has 0 aromatic carbocycles. The van der Waals surface area contributed by atoms with Crippen LogP contribution in [0.25, 0.3) is 0 Å². The van der Waals surface area contributed by atoms with Crippen LogP contribution in [-0.2, 0) is 6.42 Å². The van der Waals surface area contributed by atoms with Crippen LogP contribution in [0.3, 0.4) is 0 Å². The fraction of sp³-hybridized carbons (Fsp3) is 0.692. The first-order chi connectivity index (χ1) is 7.29. The average molecular weight is 223 g/mol. The van der Waals surface area contributed by atoms with Gasteiger partial charge in [-0.05, 0) is 67.0 Å².